The SMILES string of the molecule is COc1ccc(C=CC2CC(C=Cc3cccs3)=NN2c2ccccc2)cc1. The molecule has 1 aliphatic heterocycles. The first kappa shape index (κ1) is 18.3. The zero-order chi connectivity index (χ0) is 19.2. The maximum absolute atomic E-state index is 5.24. The minimum atomic E-state index is 0.187. The van der Waals surface area contributed by atoms with Gasteiger partial charge in [-0.25, -0.2) is 0 Å². The second kappa shape index (κ2) is 8.72. The number of methoxy groups -OCH3 is 1. The Morgan fingerprint density at radius 1 is 0.964 bits per heavy atom. The lowest BCUT2D eigenvalue weighted by Gasteiger charge is -2.20. The molecule has 4 rings (SSSR count). The Kier molecular flexibility index (Phi) is 5.69. The molecule has 0 N–H and O–H groups in total. The molecule has 28 heavy (non-hydrogen) atoms. The number of benzene rings is 2. The van der Waals surface area contributed by atoms with Gasteiger partial charge in [-0.05, 0) is 53.4 Å². The molecule has 1 aromatic heterocycles. The van der Waals surface area contributed by atoms with Crippen LogP contribution in [0.25, 0.3) is 12.2 Å². The van der Waals surface area contributed by atoms with E-state index in [2.05, 4.69) is 83.2 Å². The molecule has 140 valence electrons. The van der Waals surface area contributed by atoms with Gasteiger partial charge in [-0.15, -0.1) is 11.3 Å². The Hall–Kier alpha value is -3.11. The predicted octanol–water partition coefficient (Wildman–Crippen LogP) is 6.12. The van der Waals surface area contributed by atoms with Crippen LogP contribution in [-0.2, 0) is 0 Å². The molecule has 3 aromatic rings. The van der Waals surface area contributed by atoms with E-state index >= 15 is 0 Å². The van der Waals surface area contributed by atoms with Gasteiger partial charge in [0.2, 0.25) is 0 Å². The molecule has 0 fully saturated rings. The number of hydrazone groups is 1. The zero-order valence-corrected chi connectivity index (χ0v) is 16.5. The van der Waals surface area contributed by atoms with Crippen LogP contribution in [0.3, 0.4) is 0 Å². The number of thiophene rings is 1. The molecule has 0 saturated heterocycles. The van der Waals surface area contributed by atoms with E-state index in [1.165, 1.54) is 4.88 Å². The number of hydrogen-bond acceptors (Lipinski definition) is 4. The van der Waals surface area contributed by atoms with Crippen LogP contribution in [-0.4, -0.2) is 18.9 Å². The first-order valence-corrected chi connectivity index (χ1v) is 10.2. The third-order valence-electron chi connectivity index (χ3n) is 4.60. The largest absolute Gasteiger partial charge is 0.497 e. The number of hydrogen-bond donors (Lipinski definition) is 0. The number of nitrogens with zero attached hydrogens (tertiary/aromatic N) is 2. The molecule has 0 spiro atoms. The third-order valence-corrected chi connectivity index (χ3v) is 5.44. The average molecular weight is 387 g/mol. The fourth-order valence-corrected chi connectivity index (χ4v) is 3.75. The summed E-state index contributed by atoms with van der Waals surface area (Å²) in [6.07, 6.45) is 9.53. The van der Waals surface area contributed by atoms with Crippen LogP contribution in [0.4, 0.5) is 5.69 Å². The Bertz CT molecular complexity index is 973. The van der Waals surface area contributed by atoms with Crippen molar-refractivity contribution >= 4 is 34.9 Å². The molecular formula is C24H22N2OS. The number of para-hydroxylation sites is 1. The van der Waals surface area contributed by atoms with Crippen LogP contribution in [0.2, 0.25) is 0 Å². The molecule has 1 atom stereocenters. The summed E-state index contributed by atoms with van der Waals surface area (Å²) in [6.45, 7) is 0. The van der Waals surface area contributed by atoms with Gasteiger partial charge >= 0.3 is 0 Å². The second-order valence-corrected chi connectivity index (χ2v) is 7.50. The first-order valence-electron chi connectivity index (χ1n) is 9.27. The predicted molar refractivity (Wildman–Crippen MR) is 120 cm³/mol. The van der Waals surface area contributed by atoms with Crippen molar-refractivity contribution in [2.45, 2.75) is 12.5 Å². The topological polar surface area (TPSA) is 24.8 Å². The molecule has 1 aliphatic rings. The maximum atomic E-state index is 5.24. The molecule has 4 heteroatoms. The molecule has 3 nitrogen and oxygen atoms in total. The average Bonchev–Trinajstić information content (AvgIpc) is 3.41. The second-order valence-electron chi connectivity index (χ2n) is 6.52. The zero-order valence-electron chi connectivity index (χ0n) is 15.7. The van der Waals surface area contributed by atoms with E-state index in [0.717, 1.165) is 29.1 Å². The Morgan fingerprint density at radius 3 is 2.50 bits per heavy atom. The van der Waals surface area contributed by atoms with Gasteiger partial charge in [0, 0.05) is 11.3 Å². The lowest BCUT2D eigenvalue weighted by atomic mass is 10.1. The summed E-state index contributed by atoms with van der Waals surface area (Å²) in [5.74, 6) is 0.869. The van der Waals surface area contributed by atoms with Gasteiger partial charge in [0.15, 0.2) is 0 Å². The normalized spacial score (nSPS) is 16.8. The summed E-state index contributed by atoms with van der Waals surface area (Å²) in [5.41, 5.74) is 3.34. The van der Waals surface area contributed by atoms with E-state index < -0.39 is 0 Å². The molecule has 0 aliphatic carbocycles. The molecule has 2 aromatic carbocycles. The summed E-state index contributed by atoms with van der Waals surface area (Å²) >= 11 is 1.74. The first-order chi connectivity index (χ1) is 13.8. The summed E-state index contributed by atoms with van der Waals surface area (Å²) < 4.78 is 5.24. The monoisotopic (exact) mass is 386 g/mol. The van der Waals surface area contributed by atoms with Crippen molar-refractivity contribution in [3.8, 4) is 5.75 Å². The van der Waals surface area contributed by atoms with Gasteiger partial charge in [0.25, 0.3) is 0 Å². The van der Waals surface area contributed by atoms with Crippen LogP contribution in [0, 0.1) is 0 Å². The van der Waals surface area contributed by atoms with E-state index in [9.17, 15) is 0 Å². The van der Waals surface area contributed by atoms with Crippen molar-refractivity contribution in [2.75, 3.05) is 12.1 Å². The molecule has 0 bridgehead atoms. The van der Waals surface area contributed by atoms with Gasteiger partial charge in [-0.2, -0.15) is 5.10 Å². The van der Waals surface area contributed by atoms with Gasteiger partial charge in [-0.3, -0.25) is 5.01 Å². The highest BCUT2D eigenvalue weighted by molar-refractivity contribution is 7.10. The molecular weight excluding hydrogens is 364 g/mol. The smallest absolute Gasteiger partial charge is 0.118 e. The molecule has 0 radical (unpaired) electrons. The van der Waals surface area contributed by atoms with E-state index in [4.69, 9.17) is 9.84 Å². The molecule has 0 saturated carbocycles. The van der Waals surface area contributed by atoms with Crippen LogP contribution in [0.1, 0.15) is 16.9 Å². The van der Waals surface area contributed by atoms with Crippen molar-refractivity contribution in [3.05, 3.63) is 94.7 Å². The van der Waals surface area contributed by atoms with E-state index in [0.29, 0.717) is 0 Å². The summed E-state index contributed by atoms with van der Waals surface area (Å²) in [5, 5.41) is 9.07. The quantitative estimate of drug-likeness (QED) is 0.510. The Morgan fingerprint density at radius 2 is 1.79 bits per heavy atom. The summed E-state index contributed by atoms with van der Waals surface area (Å²) in [6, 6.07) is 22.8. The van der Waals surface area contributed by atoms with Crippen LogP contribution < -0.4 is 9.75 Å². The molecule has 0 amide bonds. The fraction of sp³-hybridized carbons (Fsp3) is 0.125. The van der Waals surface area contributed by atoms with E-state index in [1.807, 2.05) is 18.2 Å². The van der Waals surface area contributed by atoms with Gasteiger partial charge < -0.3 is 4.74 Å². The standard InChI is InChI=1S/C24H22N2OS/c1-27-23-14-10-19(11-15-23)9-13-22-18-20(12-16-24-8-5-17-28-24)25-26(22)21-6-3-2-4-7-21/h2-17,22H,18H2,1H3. The highest BCUT2D eigenvalue weighted by atomic mass is 32.1. The van der Waals surface area contributed by atoms with E-state index in [1.54, 1.807) is 18.4 Å². The summed E-state index contributed by atoms with van der Waals surface area (Å²) in [4.78, 5) is 1.24. The van der Waals surface area contributed by atoms with Crippen LogP contribution in [0.15, 0.2) is 89.4 Å². The Labute approximate surface area is 169 Å². The number of allylic oxidation sites excluding steroid dienone is 1. The minimum absolute atomic E-state index is 0.187. The Balaban J connectivity index is 1.55. The van der Waals surface area contributed by atoms with Crippen molar-refractivity contribution in [3.63, 3.8) is 0 Å². The summed E-state index contributed by atoms with van der Waals surface area (Å²) in [7, 11) is 1.68. The van der Waals surface area contributed by atoms with Crippen molar-refractivity contribution in [1.29, 1.82) is 0 Å². The number of ether oxygens (including phenoxy) is 1. The van der Waals surface area contributed by atoms with Crippen molar-refractivity contribution in [2.24, 2.45) is 5.10 Å². The van der Waals surface area contributed by atoms with Crippen LogP contribution in [0.5, 0.6) is 5.75 Å². The van der Waals surface area contributed by atoms with Gasteiger partial charge in [-0.1, -0.05) is 48.6 Å². The van der Waals surface area contributed by atoms with Gasteiger partial charge in [0.05, 0.1) is 24.6 Å². The molecule has 1 unspecified atom stereocenters. The number of rotatable bonds is 6. The molecule has 2 heterocycles. The third kappa shape index (κ3) is 4.41. The highest BCUT2D eigenvalue weighted by Gasteiger charge is 2.24. The van der Waals surface area contributed by atoms with Crippen molar-refractivity contribution in [1.82, 2.24) is 0 Å². The minimum Gasteiger partial charge on any atom is -0.497 e. The van der Waals surface area contributed by atoms with Crippen LogP contribution >= 0.6 is 11.3 Å². The van der Waals surface area contributed by atoms with Gasteiger partial charge in [0.1, 0.15) is 5.75 Å². The van der Waals surface area contributed by atoms with Crippen molar-refractivity contribution < 1.29 is 4.74 Å². The lowest BCUT2D eigenvalue weighted by Crippen LogP contribution is -2.23. The lowest BCUT2D eigenvalue weighted by molar-refractivity contribution is 0.415. The fourth-order valence-electron chi connectivity index (χ4n) is 3.14. The number of anilines is 1. The maximum Gasteiger partial charge on any atom is 0.118 e. The van der Waals surface area contributed by atoms with E-state index in [-0.39, 0.29) is 6.04 Å². The highest BCUT2D eigenvalue weighted by Crippen LogP contribution is 2.26.